The third-order valence-electron chi connectivity index (χ3n) is 3.37. The monoisotopic (exact) mass is 240 g/mol. The van der Waals surface area contributed by atoms with Gasteiger partial charge >= 0.3 is 0 Å². The van der Waals surface area contributed by atoms with E-state index < -0.39 is 0 Å². The highest BCUT2D eigenvalue weighted by molar-refractivity contribution is 4.87. The molecule has 0 bridgehead atoms. The zero-order valence-electron chi connectivity index (χ0n) is 12.3. The van der Waals surface area contributed by atoms with Crippen molar-refractivity contribution in [3.05, 3.63) is 12.2 Å². The number of hydrogen-bond acceptors (Lipinski definition) is 2. The van der Waals surface area contributed by atoms with E-state index in [-0.39, 0.29) is 0 Å². The maximum absolute atomic E-state index is 5.84. The lowest BCUT2D eigenvalue weighted by Crippen LogP contribution is -2.32. The second kappa shape index (κ2) is 9.67. The summed E-state index contributed by atoms with van der Waals surface area (Å²) < 4.78 is 0. The van der Waals surface area contributed by atoms with Crippen molar-refractivity contribution < 1.29 is 0 Å². The van der Waals surface area contributed by atoms with Crippen LogP contribution in [0.2, 0.25) is 0 Å². The first-order chi connectivity index (χ1) is 7.95. The van der Waals surface area contributed by atoms with Gasteiger partial charge in [0.15, 0.2) is 0 Å². The van der Waals surface area contributed by atoms with E-state index in [1.54, 1.807) is 0 Å². The lowest BCUT2D eigenvalue weighted by atomic mass is 9.93. The molecule has 0 spiro atoms. The third kappa shape index (κ3) is 10.5. The fraction of sp³-hybridized carbons (Fsp3) is 0.867. The summed E-state index contributed by atoms with van der Waals surface area (Å²) in [6, 6.07) is 0.879. The zero-order valence-corrected chi connectivity index (χ0v) is 12.3. The van der Waals surface area contributed by atoms with Crippen LogP contribution in [-0.2, 0) is 0 Å². The Kier molecular flexibility index (Phi) is 9.47. The van der Waals surface area contributed by atoms with Crippen LogP contribution in [-0.4, -0.2) is 19.1 Å². The van der Waals surface area contributed by atoms with Gasteiger partial charge in [-0.2, -0.15) is 0 Å². The van der Waals surface area contributed by atoms with Gasteiger partial charge in [-0.1, -0.05) is 18.9 Å². The van der Waals surface area contributed by atoms with Gasteiger partial charge in [-0.25, -0.2) is 0 Å². The zero-order chi connectivity index (χ0) is 13.3. The van der Waals surface area contributed by atoms with Gasteiger partial charge in [0.1, 0.15) is 0 Å². The molecule has 0 heterocycles. The molecule has 3 N–H and O–H groups in total. The highest BCUT2D eigenvalue weighted by Crippen LogP contribution is 2.17. The maximum atomic E-state index is 5.84. The van der Waals surface area contributed by atoms with Crippen LogP contribution in [0, 0.1) is 5.92 Å². The van der Waals surface area contributed by atoms with Gasteiger partial charge in [0, 0.05) is 12.1 Å². The molecule has 0 aliphatic rings. The number of hydrogen-bond donors (Lipinski definition) is 2. The minimum atomic E-state index is 0.297. The Balaban J connectivity index is 3.65. The molecule has 0 aliphatic heterocycles. The molecular formula is C15H32N2. The van der Waals surface area contributed by atoms with Crippen molar-refractivity contribution in [3.8, 4) is 0 Å². The Morgan fingerprint density at radius 3 is 2.35 bits per heavy atom. The Morgan fingerprint density at radius 1 is 1.24 bits per heavy atom. The fourth-order valence-corrected chi connectivity index (χ4v) is 2.21. The van der Waals surface area contributed by atoms with Crippen LogP contribution >= 0.6 is 0 Å². The molecule has 0 aromatic heterocycles. The SMILES string of the molecule is C=C(C)CCCC(C)CCC(CC(C)N)NC. The summed E-state index contributed by atoms with van der Waals surface area (Å²) in [4.78, 5) is 0. The minimum absolute atomic E-state index is 0.297. The predicted molar refractivity (Wildman–Crippen MR) is 78.2 cm³/mol. The Hall–Kier alpha value is -0.340. The van der Waals surface area contributed by atoms with Gasteiger partial charge < -0.3 is 11.1 Å². The summed E-state index contributed by atoms with van der Waals surface area (Å²) >= 11 is 0. The fourth-order valence-electron chi connectivity index (χ4n) is 2.21. The van der Waals surface area contributed by atoms with Crippen LogP contribution in [0.15, 0.2) is 12.2 Å². The van der Waals surface area contributed by atoms with Crippen LogP contribution in [0.5, 0.6) is 0 Å². The van der Waals surface area contributed by atoms with E-state index in [2.05, 4.69) is 32.7 Å². The lowest BCUT2D eigenvalue weighted by molar-refractivity contribution is 0.385. The molecule has 0 amide bonds. The molecule has 0 fully saturated rings. The first-order valence-corrected chi connectivity index (χ1v) is 7.03. The Labute approximate surface area is 108 Å². The van der Waals surface area contributed by atoms with Crippen molar-refractivity contribution in [2.45, 2.75) is 71.4 Å². The van der Waals surface area contributed by atoms with Crippen LogP contribution in [0.3, 0.4) is 0 Å². The summed E-state index contributed by atoms with van der Waals surface area (Å²) in [5.74, 6) is 0.818. The second-order valence-corrected chi connectivity index (χ2v) is 5.73. The van der Waals surface area contributed by atoms with E-state index in [0.29, 0.717) is 12.1 Å². The molecular weight excluding hydrogens is 208 g/mol. The molecule has 0 aromatic carbocycles. The van der Waals surface area contributed by atoms with E-state index >= 15 is 0 Å². The van der Waals surface area contributed by atoms with Crippen molar-refractivity contribution in [1.82, 2.24) is 5.32 Å². The van der Waals surface area contributed by atoms with Crippen molar-refractivity contribution in [2.24, 2.45) is 11.7 Å². The summed E-state index contributed by atoms with van der Waals surface area (Å²) in [6.45, 7) is 10.5. The molecule has 0 aliphatic carbocycles. The number of nitrogens with two attached hydrogens (primary N) is 1. The van der Waals surface area contributed by atoms with E-state index in [9.17, 15) is 0 Å². The largest absolute Gasteiger partial charge is 0.328 e. The predicted octanol–water partition coefficient (Wildman–Crippen LogP) is 3.47. The van der Waals surface area contributed by atoms with Gasteiger partial charge in [0.05, 0.1) is 0 Å². The van der Waals surface area contributed by atoms with Crippen LogP contribution in [0.1, 0.15) is 59.3 Å². The quantitative estimate of drug-likeness (QED) is 0.574. The molecule has 17 heavy (non-hydrogen) atoms. The first-order valence-electron chi connectivity index (χ1n) is 7.03. The highest BCUT2D eigenvalue weighted by Gasteiger charge is 2.10. The van der Waals surface area contributed by atoms with E-state index in [4.69, 9.17) is 5.73 Å². The van der Waals surface area contributed by atoms with Crippen LogP contribution in [0.25, 0.3) is 0 Å². The molecule has 0 rings (SSSR count). The van der Waals surface area contributed by atoms with Crippen LogP contribution in [0.4, 0.5) is 0 Å². The van der Waals surface area contributed by atoms with Crippen LogP contribution < -0.4 is 11.1 Å². The first kappa shape index (κ1) is 16.7. The normalized spacial score (nSPS) is 16.5. The standard InChI is InChI=1S/C15H32N2/c1-12(2)7-6-8-13(3)9-10-15(17-5)11-14(4)16/h13-15,17H,1,6-11,16H2,2-5H3. The summed E-state index contributed by atoms with van der Waals surface area (Å²) in [5, 5.41) is 3.37. The number of allylic oxidation sites excluding steroid dienone is 1. The van der Waals surface area contributed by atoms with E-state index in [1.807, 2.05) is 7.05 Å². The molecule has 2 nitrogen and oxygen atoms in total. The minimum Gasteiger partial charge on any atom is -0.328 e. The molecule has 0 aromatic rings. The summed E-state index contributed by atoms with van der Waals surface area (Å²) in [6.07, 6.45) is 7.41. The Bertz CT molecular complexity index is 199. The van der Waals surface area contributed by atoms with E-state index in [0.717, 1.165) is 12.3 Å². The molecule has 0 radical (unpaired) electrons. The molecule has 3 atom stereocenters. The molecule has 0 saturated heterocycles. The second-order valence-electron chi connectivity index (χ2n) is 5.73. The Morgan fingerprint density at radius 2 is 1.88 bits per heavy atom. The van der Waals surface area contributed by atoms with Gasteiger partial charge in [0.25, 0.3) is 0 Å². The number of nitrogens with one attached hydrogen (secondary N) is 1. The maximum Gasteiger partial charge on any atom is 0.00787 e. The third-order valence-corrected chi connectivity index (χ3v) is 3.37. The average Bonchev–Trinajstić information content (AvgIpc) is 2.23. The van der Waals surface area contributed by atoms with Gasteiger partial charge in [-0.05, 0) is 58.9 Å². The molecule has 0 saturated carbocycles. The smallest absolute Gasteiger partial charge is 0.00787 e. The van der Waals surface area contributed by atoms with E-state index in [1.165, 1.54) is 37.7 Å². The average molecular weight is 240 g/mol. The lowest BCUT2D eigenvalue weighted by Gasteiger charge is -2.20. The van der Waals surface area contributed by atoms with Gasteiger partial charge in [-0.15, -0.1) is 6.58 Å². The van der Waals surface area contributed by atoms with Gasteiger partial charge in [-0.3, -0.25) is 0 Å². The van der Waals surface area contributed by atoms with Crippen molar-refractivity contribution in [3.63, 3.8) is 0 Å². The van der Waals surface area contributed by atoms with Crippen molar-refractivity contribution >= 4 is 0 Å². The van der Waals surface area contributed by atoms with Crippen molar-refractivity contribution in [2.75, 3.05) is 7.05 Å². The molecule has 102 valence electrons. The molecule has 3 unspecified atom stereocenters. The summed E-state index contributed by atoms with van der Waals surface area (Å²) in [7, 11) is 2.04. The highest BCUT2D eigenvalue weighted by atomic mass is 14.9. The topological polar surface area (TPSA) is 38.0 Å². The van der Waals surface area contributed by atoms with Crippen molar-refractivity contribution in [1.29, 1.82) is 0 Å². The van der Waals surface area contributed by atoms with Gasteiger partial charge in [0.2, 0.25) is 0 Å². The number of rotatable bonds is 10. The molecule has 2 heteroatoms. The summed E-state index contributed by atoms with van der Waals surface area (Å²) in [5.41, 5.74) is 7.15.